The van der Waals surface area contributed by atoms with Crippen LogP contribution in [0.1, 0.15) is 0 Å². The van der Waals surface area contributed by atoms with Crippen LogP contribution in [0.15, 0.2) is 30.7 Å². The van der Waals surface area contributed by atoms with E-state index in [-0.39, 0.29) is 0 Å². The molecule has 3 rings (SSSR count). The SMILES string of the molecule is COc1ccc2c(c1)nc(Cl)c1cncn12. The van der Waals surface area contributed by atoms with Crippen LogP contribution in [0.5, 0.6) is 5.75 Å². The number of imidazole rings is 1. The molecule has 2 heterocycles. The second-order valence-corrected chi connectivity index (χ2v) is 3.76. The van der Waals surface area contributed by atoms with E-state index >= 15 is 0 Å². The summed E-state index contributed by atoms with van der Waals surface area (Å²) >= 11 is 6.06. The van der Waals surface area contributed by atoms with Gasteiger partial charge in [0.15, 0.2) is 5.15 Å². The Morgan fingerprint density at radius 1 is 1.31 bits per heavy atom. The van der Waals surface area contributed by atoms with Crippen molar-refractivity contribution in [2.45, 2.75) is 0 Å². The molecule has 16 heavy (non-hydrogen) atoms. The lowest BCUT2D eigenvalue weighted by molar-refractivity contribution is 0.415. The summed E-state index contributed by atoms with van der Waals surface area (Å²) in [4.78, 5) is 8.37. The van der Waals surface area contributed by atoms with E-state index in [0.29, 0.717) is 5.15 Å². The Hall–Kier alpha value is -1.81. The summed E-state index contributed by atoms with van der Waals surface area (Å²) in [6, 6.07) is 5.67. The number of aromatic nitrogens is 3. The Kier molecular flexibility index (Phi) is 1.97. The molecule has 0 fully saturated rings. The minimum Gasteiger partial charge on any atom is -0.497 e. The smallest absolute Gasteiger partial charge is 0.155 e. The quantitative estimate of drug-likeness (QED) is 0.649. The molecule has 0 saturated carbocycles. The summed E-state index contributed by atoms with van der Waals surface area (Å²) in [5.41, 5.74) is 2.55. The van der Waals surface area contributed by atoms with Gasteiger partial charge < -0.3 is 4.74 Å². The van der Waals surface area contributed by atoms with Crippen LogP contribution in [-0.4, -0.2) is 21.5 Å². The molecule has 0 unspecified atom stereocenters. The molecule has 4 nitrogen and oxygen atoms in total. The Bertz CT molecular complexity index is 677. The second kappa shape index (κ2) is 3.35. The maximum atomic E-state index is 6.06. The lowest BCUT2D eigenvalue weighted by Crippen LogP contribution is -1.92. The largest absolute Gasteiger partial charge is 0.497 e. The van der Waals surface area contributed by atoms with Gasteiger partial charge in [0, 0.05) is 6.07 Å². The Morgan fingerprint density at radius 2 is 2.19 bits per heavy atom. The number of hydrogen-bond acceptors (Lipinski definition) is 3. The van der Waals surface area contributed by atoms with Crippen LogP contribution in [0.4, 0.5) is 0 Å². The van der Waals surface area contributed by atoms with Gasteiger partial charge in [0.05, 0.1) is 30.7 Å². The van der Waals surface area contributed by atoms with Crippen molar-refractivity contribution in [2.24, 2.45) is 0 Å². The van der Waals surface area contributed by atoms with Crippen molar-refractivity contribution in [3.05, 3.63) is 35.9 Å². The van der Waals surface area contributed by atoms with E-state index in [1.807, 2.05) is 22.6 Å². The Morgan fingerprint density at radius 3 is 3.00 bits per heavy atom. The second-order valence-electron chi connectivity index (χ2n) is 3.41. The Labute approximate surface area is 96.5 Å². The van der Waals surface area contributed by atoms with Gasteiger partial charge in [0.2, 0.25) is 0 Å². The van der Waals surface area contributed by atoms with Gasteiger partial charge in [-0.3, -0.25) is 4.40 Å². The van der Waals surface area contributed by atoms with Gasteiger partial charge in [-0.25, -0.2) is 9.97 Å². The number of nitrogens with zero attached hydrogens (tertiary/aromatic N) is 3. The molecule has 0 bridgehead atoms. The van der Waals surface area contributed by atoms with Crippen molar-refractivity contribution in [3.63, 3.8) is 0 Å². The highest BCUT2D eigenvalue weighted by Gasteiger charge is 2.07. The van der Waals surface area contributed by atoms with Crippen molar-refractivity contribution in [3.8, 4) is 5.75 Å². The molecular weight excluding hydrogens is 226 g/mol. The fraction of sp³-hybridized carbons (Fsp3) is 0.0909. The predicted molar refractivity (Wildman–Crippen MR) is 62.1 cm³/mol. The minimum atomic E-state index is 0.443. The van der Waals surface area contributed by atoms with Gasteiger partial charge in [-0.1, -0.05) is 11.6 Å². The highest BCUT2D eigenvalue weighted by atomic mass is 35.5. The highest BCUT2D eigenvalue weighted by Crippen LogP contribution is 2.24. The summed E-state index contributed by atoms with van der Waals surface area (Å²) in [5, 5.41) is 0.443. The molecule has 0 saturated heterocycles. The molecule has 0 aliphatic carbocycles. The van der Waals surface area contributed by atoms with E-state index in [9.17, 15) is 0 Å². The molecule has 0 N–H and O–H groups in total. The first-order valence-corrected chi connectivity index (χ1v) is 5.13. The maximum absolute atomic E-state index is 6.06. The van der Waals surface area contributed by atoms with Gasteiger partial charge in [-0.05, 0) is 12.1 Å². The van der Waals surface area contributed by atoms with Crippen LogP contribution in [0.3, 0.4) is 0 Å². The van der Waals surface area contributed by atoms with Crippen molar-refractivity contribution in [1.29, 1.82) is 0 Å². The summed E-state index contributed by atoms with van der Waals surface area (Å²) < 4.78 is 7.05. The van der Waals surface area contributed by atoms with Crippen molar-refractivity contribution < 1.29 is 4.74 Å². The van der Waals surface area contributed by atoms with Gasteiger partial charge in [-0.15, -0.1) is 0 Å². The maximum Gasteiger partial charge on any atom is 0.155 e. The molecule has 0 aliphatic heterocycles. The monoisotopic (exact) mass is 233 g/mol. The van der Waals surface area contributed by atoms with Crippen molar-refractivity contribution >= 4 is 28.2 Å². The number of hydrogen-bond donors (Lipinski definition) is 0. The van der Waals surface area contributed by atoms with Crippen LogP contribution >= 0.6 is 11.6 Å². The molecule has 0 amide bonds. The number of fused-ring (bicyclic) bond motifs is 3. The van der Waals surface area contributed by atoms with E-state index in [4.69, 9.17) is 16.3 Å². The molecule has 0 radical (unpaired) electrons. The van der Waals surface area contributed by atoms with Crippen molar-refractivity contribution in [2.75, 3.05) is 7.11 Å². The fourth-order valence-corrected chi connectivity index (χ4v) is 1.96. The fourth-order valence-electron chi connectivity index (χ4n) is 1.73. The third-order valence-electron chi connectivity index (χ3n) is 2.51. The van der Waals surface area contributed by atoms with E-state index in [1.54, 1.807) is 19.6 Å². The van der Waals surface area contributed by atoms with Crippen LogP contribution in [0.2, 0.25) is 5.15 Å². The zero-order chi connectivity index (χ0) is 11.1. The van der Waals surface area contributed by atoms with E-state index in [2.05, 4.69) is 9.97 Å². The standard InChI is InChI=1S/C11H8ClN3O/c1-16-7-2-3-9-8(4-7)14-11(12)10-5-13-6-15(9)10/h2-6H,1H3. The first-order chi connectivity index (χ1) is 7.79. The third-order valence-corrected chi connectivity index (χ3v) is 2.79. The van der Waals surface area contributed by atoms with Crippen LogP contribution in [-0.2, 0) is 0 Å². The highest BCUT2D eigenvalue weighted by molar-refractivity contribution is 6.33. The van der Waals surface area contributed by atoms with E-state index in [1.165, 1.54) is 0 Å². The van der Waals surface area contributed by atoms with E-state index < -0.39 is 0 Å². The summed E-state index contributed by atoms with van der Waals surface area (Å²) in [6.45, 7) is 0. The molecular formula is C11H8ClN3O. The number of methoxy groups -OCH3 is 1. The first-order valence-electron chi connectivity index (χ1n) is 4.75. The van der Waals surface area contributed by atoms with Gasteiger partial charge >= 0.3 is 0 Å². The van der Waals surface area contributed by atoms with E-state index in [0.717, 1.165) is 22.3 Å². The van der Waals surface area contributed by atoms with Crippen LogP contribution in [0.25, 0.3) is 16.6 Å². The molecule has 80 valence electrons. The normalized spacial score (nSPS) is 11.1. The number of ether oxygens (including phenoxy) is 1. The topological polar surface area (TPSA) is 39.4 Å². The summed E-state index contributed by atoms with van der Waals surface area (Å²) in [5.74, 6) is 0.760. The number of benzene rings is 1. The number of rotatable bonds is 1. The lowest BCUT2D eigenvalue weighted by atomic mass is 10.3. The molecule has 0 spiro atoms. The van der Waals surface area contributed by atoms with Crippen LogP contribution in [0, 0.1) is 0 Å². The third kappa shape index (κ3) is 1.23. The van der Waals surface area contributed by atoms with Gasteiger partial charge in [0.25, 0.3) is 0 Å². The zero-order valence-corrected chi connectivity index (χ0v) is 9.27. The zero-order valence-electron chi connectivity index (χ0n) is 8.51. The van der Waals surface area contributed by atoms with Gasteiger partial charge in [0.1, 0.15) is 11.3 Å². The summed E-state index contributed by atoms with van der Waals surface area (Å²) in [6.07, 6.45) is 3.41. The molecule has 1 aromatic carbocycles. The molecule has 5 heteroatoms. The lowest BCUT2D eigenvalue weighted by Gasteiger charge is -2.05. The molecule has 2 aromatic heterocycles. The Balaban J connectivity index is 2.48. The molecule has 0 atom stereocenters. The average molecular weight is 234 g/mol. The minimum absolute atomic E-state index is 0.443. The molecule has 3 aromatic rings. The van der Waals surface area contributed by atoms with Crippen molar-refractivity contribution in [1.82, 2.24) is 14.4 Å². The molecule has 0 aliphatic rings. The predicted octanol–water partition coefficient (Wildman–Crippen LogP) is 2.54. The summed E-state index contributed by atoms with van der Waals surface area (Å²) in [7, 11) is 1.62. The van der Waals surface area contributed by atoms with Crippen LogP contribution < -0.4 is 4.74 Å². The average Bonchev–Trinajstić information content (AvgIpc) is 2.78. The van der Waals surface area contributed by atoms with Gasteiger partial charge in [-0.2, -0.15) is 0 Å². The first kappa shape index (κ1) is 9.42. The number of halogens is 1.